The van der Waals surface area contributed by atoms with E-state index in [9.17, 15) is 9.59 Å². The highest BCUT2D eigenvalue weighted by atomic mass is 16.2. The largest absolute Gasteiger partial charge is 0.368 e. The molecule has 2 fully saturated rings. The summed E-state index contributed by atoms with van der Waals surface area (Å²) >= 11 is 0. The molecule has 27 heavy (non-hydrogen) atoms. The van der Waals surface area contributed by atoms with Crippen molar-refractivity contribution in [3.8, 4) is 0 Å². The highest BCUT2D eigenvalue weighted by molar-refractivity contribution is 5.93. The molecule has 0 unspecified atom stereocenters. The third-order valence-electron chi connectivity index (χ3n) is 5.80. The van der Waals surface area contributed by atoms with Crippen molar-refractivity contribution in [3.63, 3.8) is 0 Å². The lowest BCUT2D eigenvalue weighted by Gasteiger charge is -2.36. The molecule has 2 N–H and O–H groups in total. The molecule has 1 aliphatic carbocycles. The van der Waals surface area contributed by atoms with Crippen LogP contribution in [0.3, 0.4) is 0 Å². The van der Waals surface area contributed by atoms with Crippen molar-refractivity contribution >= 4 is 17.5 Å². The molecule has 2 aromatic rings. The van der Waals surface area contributed by atoms with Gasteiger partial charge in [-0.25, -0.2) is 0 Å². The SMILES string of the molecule is Cc1ccccc1[C@@H]1C[C@H]1C(=O)N1CCN(c2ccc(C(N)=O)cc2)CC1. The van der Waals surface area contributed by atoms with Crippen LogP contribution in [0.25, 0.3) is 0 Å². The van der Waals surface area contributed by atoms with E-state index in [-0.39, 0.29) is 5.92 Å². The Balaban J connectivity index is 1.34. The van der Waals surface area contributed by atoms with Crippen LogP contribution >= 0.6 is 0 Å². The average molecular weight is 363 g/mol. The summed E-state index contributed by atoms with van der Waals surface area (Å²) in [5.74, 6) is 0.419. The van der Waals surface area contributed by atoms with Crippen LogP contribution in [0, 0.1) is 12.8 Å². The second kappa shape index (κ2) is 7.06. The highest BCUT2D eigenvalue weighted by Crippen LogP contribution is 2.49. The van der Waals surface area contributed by atoms with Crippen molar-refractivity contribution < 1.29 is 9.59 Å². The first kappa shape index (κ1) is 17.6. The van der Waals surface area contributed by atoms with E-state index in [0.717, 1.165) is 38.3 Å². The summed E-state index contributed by atoms with van der Waals surface area (Å²) in [5, 5.41) is 0. The van der Waals surface area contributed by atoms with Crippen LogP contribution in [0.5, 0.6) is 0 Å². The van der Waals surface area contributed by atoms with Gasteiger partial charge in [0, 0.05) is 43.3 Å². The predicted molar refractivity (Wildman–Crippen MR) is 106 cm³/mol. The van der Waals surface area contributed by atoms with Crippen molar-refractivity contribution in [2.45, 2.75) is 19.3 Å². The molecule has 2 atom stereocenters. The van der Waals surface area contributed by atoms with Crippen LogP contribution in [0.1, 0.15) is 33.8 Å². The first-order valence-electron chi connectivity index (χ1n) is 9.53. The minimum absolute atomic E-state index is 0.146. The van der Waals surface area contributed by atoms with Gasteiger partial charge in [-0.2, -0.15) is 0 Å². The average Bonchev–Trinajstić information content (AvgIpc) is 3.48. The van der Waals surface area contributed by atoms with E-state index in [0.29, 0.717) is 17.4 Å². The summed E-state index contributed by atoms with van der Waals surface area (Å²) in [6, 6.07) is 15.7. The van der Waals surface area contributed by atoms with E-state index >= 15 is 0 Å². The first-order valence-corrected chi connectivity index (χ1v) is 9.53. The van der Waals surface area contributed by atoms with Crippen LogP contribution in [-0.4, -0.2) is 42.9 Å². The lowest BCUT2D eigenvalue weighted by atomic mass is 10.0. The van der Waals surface area contributed by atoms with E-state index in [2.05, 4.69) is 30.0 Å². The molecular formula is C22H25N3O2. The maximum absolute atomic E-state index is 12.9. The second-order valence-electron chi connectivity index (χ2n) is 7.53. The molecule has 0 bridgehead atoms. The van der Waals surface area contributed by atoms with Gasteiger partial charge in [-0.1, -0.05) is 24.3 Å². The van der Waals surface area contributed by atoms with Gasteiger partial charge < -0.3 is 15.5 Å². The third-order valence-corrected chi connectivity index (χ3v) is 5.80. The number of nitrogens with zero attached hydrogens (tertiary/aromatic N) is 2. The predicted octanol–water partition coefficient (Wildman–Crippen LogP) is 2.55. The zero-order valence-electron chi connectivity index (χ0n) is 15.6. The summed E-state index contributed by atoms with van der Waals surface area (Å²) in [4.78, 5) is 28.3. The van der Waals surface area contributed by atoms with Crippen molar-refractivity contribution in [3.05, 3.63) is 65.2 Å². The molecule has 1 saturated heterocycles. The number of hydrogen-bond acceptors (Lipinski definition) is 3. The van der Waals surface area contributed by atoms with E-state index in [1.165, 1.54) is 11.1 Å². The Morgan fingerprint density at radius 3 is 2.26 bits per heavy atom. The maximum atomic E-state index is 12.9. The zero-order valence-corrected chi connectivity index (χ0v) is 15.6. The Morgan fingerprint density at radius 1 is 0.963 bits per heavy atom. The van der Waals surface area contributed by atoms with Gasteiger partial charge in [0.15, 0.2) is 0 Å². The van der Waals surface area contributed by atoms with Crippen LogP contribution in [0.15, 0.2) is 48.5 Å². The Kier molecular flexibility index (Phi) is 4.60. The number of piperazine rings is 1. The molecule has 5 nitrogen and oxygen atoms in total. The molecule has 5 heteroatoms. The number of hydrogen-bond donors (Lipinski definition) is 1. The molecule has 2 aromatic carbocycles. The standard InChI is InChI=1S/C22H25N3O2/c1-15-4-2-3-5-18(15)19-14-20(19)22(27)25-12-10-24(11-13-25)17-8-6-16(7-9-17)21(23)26/h2-9,19-20H,10-14H2,1H3,(H2,23,26)/t19-,20+/m0/s1. The molecule has 2 amide bonds. The minimum atomic E-state index is -0.412. The lowest BCUT2D eigenvalue weighted by Crippen LogP contribution is -2.49. The molecule has 0 aromatic heterocycles. The Bertz CT molecular complexity index is 854. The van der Waals surface area contributed by atoms with Gasteiger partial charge in [0.25, 0.3) is 0 Å². The quantitative estimate of drug-likeness (QED) is 0.908. The fraction of sp³-hybridized carbons (Fsp3) is 0.364. The van der Waals surface area contributed by atoms with E-state index in [4.69, 9.17) is 5.73 Å². The van der Waals surface area contributed by atoms with Crippen LogP contribution < -0.4 is 10.6 Å². The third kappa shape index (κ3) is 3.54. The monoisotopic (exact) mass is 363 g/mol. The highest BCUT2D eigenvalue weighted by Gasteiger charge is 2.46. The van der Waals surface area contributed by atoms with Gasteiger partial charge in [0.2, 0.25) is 11.8 Å². The zero-order chi connectivity index (χ0) is 19.0. The number of rotatable bonds is 4. The van der Waals surface area contributed by atoms with Crippen molar-refractivity contribution in [1.29, 1.82) is 0 Å². The number of nitrogens with two attached hydrogens (primary N) is 1. The van der Waals surface area contributed by atoms with Gasteiger partial charge in [-0.05, 0) is 54.7 Å². The summed E-state index contributed by atoms with van der Waals surface area (Å²) in [6.07, 6.45) is 0.971. The molecule has 1 saturated carbocycles. The number of aryl methyl sites for hydroxylation is 1. The van der Waals surface area contributed by atoms with Gasteiger partial charge in [-0.15, -0.1) is 0 Å². The van der Waals surface area contributed by atoms with Gasteiger partial charge in [0.1, 0.15) is 0 Å². The van der Waals surface area contributed by atoms with Crippen molar-refractivity contribution in [1.82, 2.24) is 4.90 Å². The molecule has 140 valence electrons. The second-order valence-corrected chi connectivity index (χ2v) is 7.53. The van der Waals surface area contributed by atoms with E-state index in [1.54, 1.807) is 12.1 Å². The van der Waals surface area contributed by atoms with E-state index in [1.807, 2.05) is 23.1 Å². The summed E-state index contributed by atoms with van der Waals surface area (Å²) in [6.45, 7) is 5.23. The Labute approximate surface area is 159 Å². The molecule has 0 spiro atoms. The number of primary amides is 1. The number of carbonyl (C=O) groups is 2. The van der Waals surface area contributed by atoms with Crippen LogP contribution in [0.2, 0.25) is 0 Å². The minimum Gasteiger partial charge on any atom is -0.368 e. The molecule has 0 radical (unpaired) electrons. The van der Waals surface area contributed by atoms with E-state index < -0.39 is 5.91 Å². The topological polar surface area (TPSA) is 66.6 Å². The fourth-order valence-electron chi connectivity index (χ4n) is 4.07. The Hall–Kier alpha value is -2.82. The molecule has 1 aliphatic heterocycles. The van der Waals surface area contributed by atoms with Gasteiger partial charge in [-0.3, -0.25) is 9.59 Å². The molecule has 4 rings (SSSR count). The van der Waals surface area contributed by atoms with Gasteiger partial charge in [0.05, 0.1) is 0 Å². The van der Waals surface area contributed by atoms with Crippen molar-refractivity contribution in [2.24, 2.45) is 11.7 Å². The molecule has 2 aliphatic rings. The number of benzene rings is 2. The van der Waals surface area contributed by atoms with Crippen molar-refractivity contribution in [2.75, 3.05) is 31.1 Å². The summed E-state index contributed by atoms with van der Waals surface area (Å²) in [7, 11) is 0. The summed E-state index contributed by atoms with van der Waals surface area (Å²) in [5.41, 5.74) is 9.48. The number of anilines is 1. The fourth-order valence-corrected chi connectivity index (χ4v) is 4.07. The van der Waals surface area contributed by atoms with Crippen LogP contribution in [-0.2, 0) is 4.79 Å². The smallest absolute Gasteiger partial charge is 0.248 e. The number of amides is 2. The first-order chi connectivity index (χ1) is 13.0. The lowest BCUT2D eigenvalue weighted by molar-refractivity contribution is -0.132. The summed E-state index contributed by atoms with van der Waals surface area (Å²) < 4.78 is 0. The Morgan fingerprint density at radius 2 is 1.63 bits per heavy atom. The molecular weight excluding hydrogens is 338 g/mol. The maximum Gasteiger partial charge on any atom is 0.248 e. The normalized spacial score (nSPS) is 21.8. The van der Waals surface area contributed by atoms with Crippen LogP contribution in [0.4, 0.5) is 5.69 Å². The molecule has 1 heterocycles. The van der Waals surface area contributed by atoms with Gasteiger partial charge >= 0.3 is 0 Å². The number of carbonyl (C=O) groups excluding carboxylic acids is 2.